The van der Waals surface area contributed by atoms with E-state index in [-0.39, 0.29) is 6.04 Å². The number of carbonyl (C=O) groups is 1. The third kappa shape index (κ3) is 4.33. The van der Waals surface area contributed by atoms with Gasteiger partial charge in [0, 0.05) is 31.5 Å². The van der Waals surface area contributed by atoms with Crippen molar-refractivity contribution in [2.45, 2.75) is 51.1 Å². The third-order valence-corrected chi connectivity index (χ3v) is 6.75. The van der Waals surface area contributed by atoms with E-state index >= 15 is 0 Å². The van der Waals surface area contributed by atoms with Gasteiger partial charge in [-0.15, -0.1) is 0 Å². The number of piperidine rings is 2. The Morgan fingerprint density at radius 2 is 1.75 bits per heavy atom. The zero-order valence-electron chi connectivity index (χ0n) is 17.1. The molecule has 1 unspecified atom stereocenters. The summed E-state index contributed by atoms with van der Waals surface area (Å²) in [5.41, 5.74) is 4.13. The molecular formula is C24H33N3O. The number of rotatable bonds is 6. The minimum absolute atomic E-state index is 0.251. The summed E-state index contributed by atoms with van der Waals surface area (Å²) < 4.78 is 2.34. The normalized spacial score (nSPS) is 21.8. The first-order valence-corrected chi connectivity index (χ1v) is 10.9. The van der Waals surface area contributed by atoms with Crippen LogP contribution in [-0.4, -0.2) is 40.4 Å². The number of benzene rings is 1. The van der Waals surface area contributed by atoms with E-state index in [1.165, 1.54) is 55.7 Å². The Labute approximate surface area is 169 Å². The number of nitrogens with zero attached hydrogens (tertiary/aromatic N) is 3. The molecule has 4 nitrogen and oxygen atoms in total. The second-order valence-corrected chi connectivity index (χ2v) is 8.57. The lowest BCUT2D eigenvalue weighted by molar-refractivity contribution is -0.121. The number of amides is 1. The predicted molar refractivity (Wildman–Crippen MR) is 113 cm³/mol. The van der Waals surface area contributed by atoms with Gasteiger partial charge in [0.05, 0.1) is 6.04 Å². The highest BCUT2D eigenvalue weighted by atomic mass is 16.1. The van der Waals surface area contributed by atoms with E-state index in [2.05, 4.69) is 59.0 Å². The summed E-state index contributed by atoms with van der Waals surface area (Å²) in [4.78, 5) is 16.0. The fourth-order valence-corrected chi connectivity index (χ4v) is 4.99. The lowest BCUT2D eigenvalue weighted by Gasteiger charge is -2.34. The topological polar surface area (TPSA) is 28.5 Å². The molecule has 0 bridgehead atoms. The summed E-state index contributed by atoms with van der Waals surface area (Å²) in [6.45, 7) is 4.27. The Bertz CT molecular complexity index is 761. The molecule has 150 valence electrons. The molecular weight excluding hydrogens is 346 g/mol. The zero-order chi connectivity index (χ0) is 19.3. The minimum Gasteiger partial charge on any atom is -0.349 e. The maximum atomic E-state index is 11.4. The highest BCUT2D eigenvalue weighted by Crippen LogP contribution is 2.31. The first-order chi connectivity index (χ1) is 13.7. The second kappa shape index (κ2) is 8.95. The smallest absolute Gasteiger partial charge is 0.210 e. The van der Waals surface area contributed by atoms with Gasteiger partial charge in [0.1, 0.15) is 0 Å². The van der Waals surface area contributed by atoms with E-state index in [1.54, 1.807) is 0 Å². The molecule has 28 heavy (non-hydrogen) atoms. The van der Waals surface area contributed by atoms with Crippen LogP contribution in [0.25, 0.3) is 0 Å². The molecule has 0 radical (unpaired) electrons. The zero-order valence-corrected chi connectivity index (χ0v) is 17.1. The SMILES string of the molecule is Cn1c(CN2CCC(Cc3ccccc3)CC2)ccc1C1CCCCN1C=O. The molecule has 3 heterocycles. The van der Waals surface area contributed by atoms with Crippen LogP contribution in [0.2, 0.25) is 0 Å². The van der Waals surface area contributed by atoms with Gasteiger partial charge in [-0.2, -0.15) is 0 Å². The summed E-state index contributed by atoms with van der Waals surface area (Å²) in [7, 11) is 2.17. The van der Waals surface area contributed by atoms with Gasteiger partial charge in [0.25, 0.3) is 0 Å². The van der Waals surface area contributed by atoms with Crippen LogP contribution in [0.3, 0.4) is 0 Å². The van der Waals surface area contributed by atoms with Crippen molar-refractivity contribution in [3.05, 3.63) is 59.4 Å². The van der Waals surface area contributed by atoms with Crippen LogP contribution in [0.1, 0.15) is 55.1 Å². The Hall–Kier alpha value is -2.07. The van der Waals surface area contributed by atoms with Crippen molar-refractivity contribution in [2.75, 3.05) is 19.6 Å². The van der Waals surface area contributed by atoms with Crippen molar-refractivity contribution in [2.24, 2.45) is 13.0 Å². The van der Waals surface area contributed by atoms with Crippen LogP contribution >= 0.6 is 0 Å². The molecule has 2 fully saturated rings. The molecule has 0 saturated carbocycles. The van der Waals surface area contributed by atoms with Crippen LogP contribution in [0.4, 0.5) is 0 Å². The lowest BCUT2D eigenvalue weighted by atomic mass is 9.90. The van der Waals surface area contributed by atoms with Gasteiger partial charge in [-0.05, 0) is 75.2 Å². The van der Waals surface area contributed by atoms with Crippen molar-refractivity contribution < 1.29 is 4.79 Å². The van der Waals surface area contributed by atoms with Crippen molar-refractivity contribution in [3.8, 4) is 0 Å². The molecule has 2 saturated heterocycles. The molecule has 1 aromatic carbocycles. The minimum atomic E-state index is 0.251. The van der Waals surface area contributed by atoms with Crippen molar-refractivity contribution in [1.82, 2.24) is 14.4 Å². The molecule has 2 aromatic rings. The second-order valence-electron chi connectivity index (χ2n) is 8.57. The van der Waals surface area contributed by atoms with Gasteiger partial charge >= 0.3 is 0 Å². The number of likely N-dealkylation sites (tertiary alicyclic amines) is 2. The quantitative estimate of drug-likeness (QED) is 0.705. The van der Waals surface area contributed by atoms with Crippen LogP contribution in [-0.2, 0) is 24.8 Å². The maximum Gasteiger partial charge on any atom is 0.210 e. The molecule has 1 aromatic heterocycles. The Balaban J connectivity index is 1.33. The average Bonchev–Trinajstić information content (AvgIpc) is 3.10. The average molecular weight is 380 g/mol. The van der Waals surface area contributed by atoms with Gasteiger partial charge in [0.2, 0.25) is 6.41 Å². The summed E-state index contributed by atoms with van der Waals surface area (Å²) in [6, 6.07) is 15.7. The number of carbonyl (C=O) groups excluding carboxylic acids is 1. The van der Waals surface area contributed by atoms with Gasteiger partial charge in [-0.3, -0.25) is 9.69 Å². The molecule has 4 rings (SSSR count). The van der Waals surface area contributed by atoms with Gasteiger partial charge < -0.3 is 9.47 Å². The van der Waals surface area contributed by atoms with E-state index < -0.39 is 0 Å². The van der Waals surface area contributed by atoms with Crippen LogP contribution < -0.4 is 0 Å². The van der Waals surface area contributed by atoms with Gasteiger partial charge in [-0.1, -0.05) is 30.3 Å². The van der Waals surface area contributed by atoms with Crippen molar-refractivity contribution in [1.29, 1.82) is 0 Å². The van der Waals surface area contributed by atoms with E-state index in [0.717, 1.165) is 38.3 Å². The third-order valence-electron chi connectivity index (χ3n) is 6.75. The fourth-order valence-electron chi connectivity index (χ4n) is 4.99. The molecule has 0 aliphatic carbocycles. The summed E-state index contributed by atoms with van der Waals surface area (Å²) in [5.74, 6) is 0.811. The Kier molecular flexibility index (Phi) is 6.16. The molecule has 1 amide bonds. The van der Waals surface area contributed by atoms with Crippen molar-refractivity contribution in [3.63, 3.8) is 0 Å². The molecule has 0 N–H and O–H groups in total. The highest BCUT2D eigenvalue weighted by molar-refractivity contribution is 5.49. The van der Waals surface area contributed by atoms with Crippen LogP contribution in [0.5, 0.6) is 0 Å². The first-order valence-electron chi connectivity index (χ1n) is 10.9. The Morgan fingerprint density at radius 1 is 0.964 bits per heavy atom. The van der Waals surface area contributed by atoms with E-state index in [9.17, 15) is 4.79 Å². The van der Waals surface area contributed by atoms with E-state index in [4.69, 9.17) is 0 Å². The predicted octanol–water partition coefficient (Wildman–Crippen LogP) is 4.16. The lowest BCUT2D eigenvalue weighted by Crippen LogP contribution is -2.35. The van der Waals surface area contributed by atoms with Gasteiger partial charge in [0.15, 0.2) is 0 Å². The molecule has 4 heteroatoms. The number of hydrogen-bond donors (Lipinski definition) is 0. The standard InChI is InChI=1S/C24H33N3O/c1-25-22(10-11-23(25)24-9-5-6-14-27(24)19-28)18-26-15-12-21(13-16-26)17-20-7-3-2-4-8-20/h2-4,7-8,10-11,19,21,24H,5-6,9,12-18H2,1H3. The van der Waals surface area contributed by atoms with Crippen LogP contribution in [0, 0.1) is 5.92 Å². The van der Waals surface area contributed by atoms with E-state index in [0.29, 0.717) is 0 Å². The first kappa shape index (κ1) is 19.3. The van der Waals surface area contributed by atoms with Gasteiger partial charge in [-0.25, -0.2) is 0 Å². The molecule has 2 aliphatic rings. The monoisotopic (exact) mass is 379 g/mol. The highest BCUT2D eigenvalue weighted by Gasteiger charge is 2.26. The number of aromatic nitrogens is 1. The molecule has 2 aliphatic heterocycles. The fraction of sp³-hybridized carbons (Fsp3) is 0.542. The van der Waals surface area contributed by atoms with Crippen LogP contribution in [0.15, 0.2) is 42.5 Å². The maximum absolute atomic E-state index is 11.4. The number of hydrogen-bond acceptors (Lipinski definition) is 2. The summed E-state index contributed by atoms with van der Waals surface area (Å²) >= 11 is 0. The molecule has 1 atom stereocenters. The molecule has 0 spiro atoms. The van der Waals surface area contributed by atoms with Crippen molar-refractivity contribution >= 4 is 6.41 Å². The summed E-state index contributed by atoms with van der Waals surface area (Å²) in [5, 5.41) is 0. The summed E-state index contributed by atoms with van der Waals surface area (Å²) in [6.07, 6.45) is 8.25. The van der Waals surface area contributed by atoms with E-state index in [1.807, 2.05) is 4.90 Å². The Morgan fingerprint density at radius 3 is 2.50 bits per heavy atom. The largest absolute Gasteiger partial charge is 0.349 e.